The summed E-state index contributed by atoms with van der Waals surface area (Å²) in [5, 5.41) is 7.09. The van der Waals surface area contributed by atoms with Gasteiger partial charge in [0.1, 0.15) is 11.6 Å². The minimum absolute atomic E-state index is 0.260. The summed E-state index contributed by atoms with van der Waals surface area (Å²) in [6, 6.07) is 8.13. The van der Waals surface area contributed by atoms with Gasteiger partial charge in [-0.25, -0.2) is 9.07 Å². The standard InChI is InChI=1S/C10H10FN3/c1-12-10-5-6-14(13-10)9-4-2-3-8(11)7-9/h2-7H,1H3,(H,12,13). The summed E-state index contributed by atoms with van der Waals surface area (Å²) in [6.45, 7) is 0. The molecule has 2 rings (SSSR count). The molecule has 4 heteroatoms. The summed E-state index contributed by atoms with van der Waals surface area (Å²) in [4.78, 5) is 0. The van der Waals surface area contributed by atoms with Crippen LogP contribution in [0.5, 0.6) is 0 Å². The highest BCUT2D eigenvalue weighted by Gasteiger charge is 1.99. The van der Waals surface area contributed by atoms with Crippen molar-refractivity contribution in [3.05, 3.63) is 42.3 Å². The molecule has 2 aromatic rings. The van der Waals surface area contributed by atoms with E-state index < -0.39 is 0 Å². The van der Waals surface area contributed by atoms with Gasteiger partial charge in [-0.1, -0.05) is 6.07 Å². The maximum atomic E-state index is 12.9. The lowest BCUT2D eigenvalue weighted by Crippen LogP contribution is -1.96. The highest BCUT2D eigenvalue weighted by atomic mass is 19.1. The van der Waals surface area contributed by atoms with Crippen LogP contribution in [-0.2, 0) is 0 Å². The van der Waals surface area contributed by atoms with E-state index in [-0.39, 0.29) is 5.82 Å². The maximum Gasteiger partial charge on any atom is 0.148 e. The van der Waals surface area contributed by atoms with Crippen molar-refractivity contribution in [1.82, 2.24) is 9.78 Å². The molecule has 0 bridgehead atoms. The second-order valence-corrected chi connectivity index (χ2v) is 2.88. The molecule has 0 aliphatic carbocycles. The van der Waals surface area contributed by atoms with Crippen LogP contribution >= 0.6 is 0 Å². The van der Waals surface area contributed by atoms with Crippen LogP contribution in [0.25, 0.3) is 5.69 Å². The summed E-state index contributed by atoms with van der Waals surface area (Å²) >= 11 is 0. The van der Waals surface area contributed by atoms with E-state index in [1.807, 2.05) is 6.07 Å². The van der Waals surface area contributed by atoms with Crippen LogP contribution in [-0.4, -0.2) is 16.8 Å². The van der Waals surface area contributed by atoms with Crippen molar-refractivity contribution < 1.29 is 4.39 Å². The van der Waals surface area contributed by atoms with Crippen molar-refractivity contribution in [2.75, 3.05) is 12.4 Å². The number of aromatic nitrogens is 2. The van der Waals surface area contributed by atoms with E-state index in [1.165, 1.54) is 12.1 Å². The van der Waals surface area contributed by atoms with Crippen molar-refractivity contribution in [3.63, 3.8) is 0 Å². The predicted molar refractivity (Wildman–Crippen MR) is 53.1 cm³/mol. The van der Waals surface area contributed by atoms with Crippen molar-refractivity contribution in [3.8, 4) is 5.69 Å². The van der Waals surface area contributed by atoms with Crippen LogP contribution in [0.15, 0.2) is 36.5 Å². The predicted octanol–water partition coefficient (Wildman–Crippen LogP) is 2.05. The van der Waals surface area contributed by atoms with Gasteiger partial charge in [-0.2, -0.15) is 5.10 Å². The van der Waals surface area contributed by atoms with Crippen LogP contribution in [0.3, 0.4) is 0 Å². The van der Waals surface area contributed by atoms with Gasteiger partial charge < -0.3 is 5.32 Å². The average molecular weight is 191 g/mol. The van der Waals surface area contributed by atoms with Crippen LogP contribution < -0.4 is 5.32 Å². The van der Waals surface area contributed by atoms with Crippen molar-refractivity contribution >= 4 is 5.82 Å². The molecule has 0 amide bonds. The third-order valence-corrected chi connectivity index (χ3v) is 1.92. The zero-order chi connectivity index (χ0) is 9.97. The number of anilines is 1. The van der Waals surface area contributed by atoms with Gasteiger partial charge in [0, 0.05) is 19.3 Å². The molecule has 3 nitrogen and oxygen atoms in total. The van der Waals surface area contributed by atoms with E-state index >= 15 is 0 Å². The topological polar surface area (TPSA) is 29.9 Å². The zero-order valence-electron chi connectivity index (χ0n) is 7.74. The molecule has 0 saturated carbocycles. The molecule has 0 spiro atoms. The van der Waals surface area contributed by atoms with Gasteiger partial charge in [0.15, 0.2) is 0 Å². The third kappa shape index (κ3) is 1.59. The van der Waals surface area contributed by atoms with Gasteiger partial charge in [-0.15, -0.1) is 0 Å². The smallest absolute Gasteiger partial charge is 0.148 e. The van der Waals surface area contributed by atoms with E-state index in [2.05, 4.69) is 10.4 Å². The van der Waals surface area contributed by atoms with Gasteiger partial charge in [0.25, 0.3) is 0 Å². The number of hydrogen-bond acceptors (Lipinski definition) is 2. The molecule has 0 aliphatic rings. The monoisotopic (exact) mass is 191 g/mol. The molecule has 0 fully saturated rings. The molecule has 0 atom stereocenters. The first-order chi connectivity index (χ1) is 6.79. The Morgan fingerprint density at radius 3 is 2.86 bits per heavy atom. The fraction of sp³-hybridized carbons (Fsp3) is 0.100. The Hall–Kier alpha value is -1.84. The zero-order valence-corrected chi connectivity index (χ0v) is 7.74. The SMILES string of the molecule is CNc1ccn(-c2cccc(F)c2)n1. The van der Waals surface area contributed by atoms with Crippen molar-refractivity contribution in [1.29, 1.82) is 0 Å². The normalized spacial score (nSPS) is 10.1. The molecule has 0 unspecified atom stereocenters. The lowest BCUT2D eigenvalue weighted by molar-refractivity contribution is 0.625. The lowest BCUT2D eigenvalue weighted by atomic mass is 10.3. The van der Waals surface area contributed by atoms with Gasteiger partial charge in [-0.3, -0.25) is 0 Å². The Kier molecular flexibility index (Phi) is 2.18. The first-order valence-corrected chi connectivity index (χ1v) is 4.29. The fourth-order valence-corrected chi connectivity index (χ4v) is 1.22. The molecule has 0 radical (unpaired) electrons. The minimum Gasteiger partial charge on any atom is -0.372 e. The van der Waals surface area contributed by atoms with Gasteiger partial charge in [0.05, 0.1) is 5.69 Å². The molecule has 1 N–H and O–H groups in total. The van der Waals surface area contributed by atoms with Crippen molar-refractivity contribution in [2.45, 2.75) is 0 Å². The van der Waals surface area contributed by atoms with E-state index in [9.17, 15) is 4.39 Å². The van der Waals surface area contributed by atoms with Gasteiger partial charge in [0.2, 0.25) is 0 Å². The Morgan fingerprint density at radius 2 is 2.21 bits per heavy atom. The molecular formula is C10H10FN3. The average Bonchev–Trinajstić information content (AvgIpc) is 2.66. The Morgan fingerprint density at radius 1 is 1.36 bits per heavy atom. The molecule has 1 aromatic heterocycles. The lowest BCUT2D eigenvalue weighted by Gasteiger charge is -2.00. The maximum absolute atomic E-state index is 12.9. The number of hydrogen-bond donors (Lipinski definition) is 1. The highest BCUT2D eigenvalue weighted by molar-refractivity contribution is 5.37. The summed E-state index contributed by atoms with van der Waals surface area (Å²) in [7, 11) is 1.79. The molecule has 1 heterocycles. The molecule has 72 valence electrons. The quantitative estimate of drug-likeness (QED) is 0.787. The second kappa shape index (κ2) is 3.49. The number of benzene rings is 1. The first kappa shape index (κ1) is 8.74. The molecule has 0 saturated heterocycles. The third-order valence-electron chi connectivity index (χ3n) is 1.92. The number of rotatable bonds is 2. The van der Waals surface area contributed by atoms with E-state index in [1.54, 1.807) is 30.1 Å². The summed E-state index contributed by atoms with van der Waals surface area (Å²) in [5.41, 5.74) is 0.714. The summed E-state index contributed by atoms with van der Waals surface area (Å²) < 4.78 is 14.5. The second-order valence-electron chi connectivity index (χ2n) is 2.88. The Labute approximate surface area is 81.2 Å². The molecule has 1 aromatic carbocycles. The van der Waals surface area contributed by atoms with E-state index in [0.29, 0.717) is 5.69 Å². The van der Waals surface area contributed by atoms with Crippen LogP contribution in [0.2, 0.25) is 0 Å². The van der Waals surface area contributed by atoms with Gasteiger partial charge in [-0.05, 0) is 18.2 Å². The number of nitrogens with one attached hydrogen (secondary N) is 1. The highest BCUT2D eigenvalue weighted by Crippen LogP contribution is 2.10. The Balaban J connectivity index is 2.39. The van der Waals surface area contributed by atoms with Gasteiger partial charge >= 0.3 is 0 Å². The van der Waals surface area contributed by atoms with Crippen LogP contribution in [0.1, 0.15) is 0 Å². The molecular weight excluding hydrogens is 181 g/mol. The van der Waals surface area contributed by atoms with Crippen LogP contribution in [0.4, 0.5) is 10.2 Å². The Bertz CT molecular complexity index is 436. The number of nitrogens with zero attached hydrogens (tertiary/aromatic N) is 2. The van der Waals surface area contributed by atoms with E-state index in [0.717, 1.165) is 5.82 Å². The number of halogens is 1. The largest absolute Gasteiger partial charge is 0.372 e. The molecule has 0 aliphatic heterocycles. The minimum atomic E-state index is -0.260. The summed E-state index contributed by atoms with van der Waals surface area (Å²) in [6.07, 6.45) is 1.78. The fourth-order valence-electron chi connectivity index (χ4n) is 1.22. The summed E-state index contributed by atoms with van der Waals surface area (Å²) in [5.74, 6) is 0.498. The van der Waals surface area contributed by atoms with Crippen molar-refractivity contribution in [2.24, 2.45) is 0 Å². The van der Waals surface area contributed by atoms with E-state index in [4.69, 9.17) is 0 Å². The first-order valence-electron chi connectivity index (χ1n) is 4.29. The molecule has 14 heavy (non-hydrogen) atoms. The van der Waals surface area contributed by atoms with Crippen LogP contribution in [0, 0.1) is 5.82 Å².